The summed E-state index contributed by atoms with van der Waals surface area (Å²) in [6, 6.07) is 8.67. The van der Waals surface area contributed by atoms with E-state index >= 15 is 0 Å². The van der Waals surface area contributed by atoms with Crippen LogP contribution in [-0.2, 0) is 5.54 Å². The maximum Gasteiger partial charge on any atom is 0.0434 e. The number of nitrogens with zero attached hydrogens (tertiary/aromatic N) is 1. The van der Waals surface area contributed by atoms with Crippen LogP contribution in [0.1, 0.15) is 24.0 Å². The molecule has 0 bridgehead atoms. The van der Waals surface area contributed by atoms with E-state index in [0.717, 1.165) is 25.9 Å². The molecule has 1 aromatic rings. The van der Waals surface area contributed by atoms with Gasteiger partial charge in [-0.05, 0) is 45.5 Å². The monoisotopic (exact) mass is 204 g/mol. The molecule has 1 aliphatic heterocycles. The van der Waals surface area contributed by atoms with Crippen molar-refractivity contribution in [3.05, 3.63) is 35.4 Å². The molecular weight excluding hydrogens is 184 g/mol. The zero-order valence-corrected chi connectivity index (χ0v) is 9.66. The van der Waals surface area contributed by atoms with Gasteiger partial charge in [0.1, 0.15) is 0 Å². The lowest BCUT2D eigenvalue weighted by Gasteiger charge is -2.38. The third kappa shape index (κ3) is 2.21. The highest BCUT2D eigenvalue weighted by Crippen LogP contribution is 2.29. The maximum absolute atomic E-state index is 6.47. The Kier molecular flexibility index (Phi) is 2.81. The molecule has 1 fully saturated rings. The van der Waals surface area contributed by atoms with E-state index in [-0.39, 0.29) is 5.54 Å². The van der Waals surface area contributed by atoms with E-state index in [1.807, 2.05) is 0 Å². The molecule has 1 saturated heterocycles. The maximum atomic E-state index is 6.47. The molecule has 0 radical (unpaired) electrons. The van der Waals surface area contributed by atoms with Crippen LogP contribution in [0.15, 0.2) is 24.3 Å². The summed E-state index contributed by atoms with van der Waals surface area (Å²) in [5, 5.41) is 0. The van der Waals surface area contributed by atoms with Crippen LogP contribution in [0.5, 0.6) is 0 Å². The summed E-state index contributed by atoms with van der Waals surface area (Å²) in [7, 11) is 2.16. The van der Waals surface area contributed by atoms with Gasteiger partial charge >= 0.3 is 0 Å². The molecule has 2 rings (SSSR count). The van der Waals surface area contributed by atoms with Crippen LogP contribution in [0.25, 0.3) is 0 Å². The predicted molar refractivity (Wildman–Crippen MR) is 63.8 cm³/mol. The molecule has 0 amide bonds. The van der Waals surface area contributed by atoms with Crippen LogP contribution >= 0.6 is 0 Å². The van der Waals surface area contributed by atoms with Crippen molar-refractivity contribution in [3.8, 4) is 0 Å². The summed E-state index contributed by atoms with van der Waals surface area (Å²) in [5.74, 6) is 0. The second kappa shape index (κ2) is 3.95. The molecule has 2 nitrogen and oxygen atoms in total. The number of benzene rings is 1. The first-order chi connectivity index (χ1) is 7.10. The zero-order chi connectivity index (χ0) is 10.9. The molecular formula is C13H20N2. The molecule has 1 aliphatic rings. The van der Waals surface area contributed by atoms with E-state index < -0.39 is 0 Å². The van der Waals surface area contributed by atoms with Crippen LogP contribution in [0.3, 0.4) is 0 Å². The zero-order valence-electron chi connectivity index (χ0n) is 9.66. The van der Waals surface area contributed by atoms with E-state index in [4.69, 9.17) is 5.73 Å². The van der Waals surface area contributed by atoms with Crippen LogP contribution in [-0.4, -0.2) is 25.0 Å². The Labute approximate surface area is 92.1 Å². The van der Waals surface area contributed by atoms with Crippen LogP contribution in [0, 0.1) is 6.92 Å². The van der Waals surface area contributed by atoms with Gasteiger partial charge in [0.2, 0.25) is 0 Å². The van der Waals surface area contributed by atoms with E-state index in [2.05, 4.69) is 43.1 Å². The predicted octanol–water partition coefficient (Wildman–Crippen LogP) is 1.87. The first-order valence-electron chi connectivity index (χ1n) is 5.65. The van der Waals surface area contributed by atoms with Gasteiger partial charge in [0.15, 0.2) is 0 Å². The Hall–Kier alpha value is -0.860. The number of nitrogens with two attached hydrogens (primary N) is 1. The molecule has 0 unspecified atom stereocenters. The quantitative estimate of drug-likeness (QED) is 0.756. The normalized spacial score (nSPS) is 21.5. The van der Waals surface area contributed by atoms with E-state index in [9.17, 15) is 0 Å². The van der Waals surface area contributed by atoms with Crippen molar-refractivity contribution in [2.75, 3.05) is 20.1 Å². The Morgan fingerprint density at radius 3 is 2.20 bits per heavy atom. The highest BCUT2D eigenvalue weighted by atomic mass is 15.1. The average molecular weight is 204 g/mol. The number of piperidine rings is 1. The number of hydrogen-bond donors (Lipinski definition) is 1. The van der Waals surface area contributed by atoms with Crippen molar-refractivity contribution < 1.29 is 0 Å². The highest BCUT2D eigenvalue weighted by Gasteiger charge is 2.30. The van der Waals surface area contributed by atoms with E-state index in [0.29, 0.717) is 0 Å². The van der Waals surface area contributed by atoms with Crippen molar-refractivity contribution in [2.45, 2.75) is 25.3 Å². The smallest absolute Gasteiger partial charge is 0.0434 e. The molecule has 0 spiro atoms. The van der Waals surface area contributed by atoms with Gasteiger partial charge in [-0.25, -0.2) is 0 Å². The van der Waals surface area contributed by atoms with E-state index in [1.54, 1.807) is 0 Å². The highest BCUT2D eigenvalue weighted by molar-refractivity contribution is 5.28. The molecule has 15 heavy (non-hydrogen) atoms. The lowest BCUT2D eigenvalue weighted by Crippen LogP contribution is -2.46. The van der Waals surface area contributed by atoms with Crippen LogP contribution < -0.4 is 5.73 Å². The van der Waals surface area contributed by atoms with Gasteiger partial charge in [0.05, 0.1) is 0 Å². The standard InChI is InChI=1S/C13H20N2/c1-11-3-5-12(6-4-11)13(14)7-9-15(2)10-8-13/h3-6H,7-10,14H2,1-2H3. The third-order valence-electron chi connectivity index (χ3n) is 3.51. The molecule has 0 aliphatic carbocycles. The van der Waals surface area contributed by atoms with Gasteiger partial charge < -0.3 is 10.6 Å². The van der Waals surface area contributed by atoms with Gasteiger partial charge in [-0.1, -0.05) is 29.8 Å². The average Bonchev–Trinajstić information content (AvgIpc) is 2.24. The summed E-state index contributed by atoms with van der Waals surface area (Å²) in [6.45, 7) is 4.32. The Balaban J connectivity index is 2.18. The van der Waals surface area contributed by atoms with Gasteiger partial charge in [-0.15, -0.1) is 0 Å². The summed E-state index contributed by atoms with van der Waals surface area (Å²) in [4.78, 5) is 2.35. The van der Waals surface area contributed by atoms with Gasteiger partial charge in [-0.3, -0.25) is 0 Å². The minimum absolute atomic E-state index is 0.0970. The topological polar surface area (TPSA) is 29.3 Å². The van der Waals surface area contributed by atoms with Gasteiger partial charge in [0, 0.05) is 5.54 Å². The summed E-state index contributed by atoms with van der Waals surface area (Å²) < 4.78 is 0. The Morgan fingerprint density at radius 2 is 1.67 bits per heavy atom. The molecule has 0 saturated carbocycles. The molecule has 2 heteroatoms. The van der Waals surface area contributed by atoms with Crippen molar-refractivity contribution in [1.29, 1.82) is 0 Å². The fourth-order valence-corrected chi connectivity index (χ4v) is 2.19. The van der Waals surface area contributed by atoms with Crippen molar-refractivity contribution in [3.63, 3.8) is 0 Å². The first kappa shape index (κ1) is 10.7. The van der Waals surface area contributed by atoms with Crippen molar-refractivity contribution in [1.82, 2.24) is 4.90 Å². The molecule has 1 heterocycles. The Morgan fingerprint density at radius 1 is 1.13 bits per heavy atom. The minimum Gasteiger partial charge on any atom is -0.321 e. The van der Waals surface area contributed by atoms with Crippen molar-refractivity contribution >= 4 is 0 Å². The first-order valence-corrected chi connectivity index (χ1v) is 5.65. The van der Waals surface area contributed by atoms with Gasteiger partial charge in [0.25, 0.3) is 0 Å². The molecule has 0 atom stereocenters. The van der Waals surface area contributed by atoms with Crippen molar-refractivity contribution in [2.24, 2.45) is 5.73 Å². The second-order valence-electron chi connectivity index (χ2n) is 4.83. The van der Waals surface area contributed by atoms with Crippen LogP contribution in [0.4, 0.5) is 0 Å². The second-order valence-corrected chi connectivity index (χ2v) is 4.83. The SMILES string of the molecule is Cc1ccc(C2(N)CCN(C)CC2)cc1. The largest absolute Gasteiger partial charge is 0.321 e. The lowest BCUT2D eigenvalue weighted by molar-refractivity contribution is 0.191. The summed E-state index contributed by atoms with van der Waals surface area (Å²) in [5.41, 5.74) is 8.96. The third-order valence-corrected chi connectivity index (χ3v) is 3.51. The Bertz CT molecular complexity index is 321. The fourth-order valence-electron chi connectivity index (χ4n) is 2.19. The molecule has 2 N–H and O–H groups in total. The van der Waals surface area contributed by atoms with Crippen LogP contribution in [0.2, 0.25) is 0 Å². The van der Waals surface area contributed by atoms with Gasteiger partial charge in [-0.2, -0.15) is 0 Å². The number of likely N-dealkylation sites (tertiary alicyclic amines) is 1. The number of rotatable bonds is 1. The molecule has 0 aromatic heterocycles. The number of aryl methyl sites for hydroxylation is 1. The fraction of sp³-hybridized carbons (Fsp3) is 0.538. The number of hydrogen-bond acceptors (Lipinski definition) is 2. The molecule has 1 aromatic carbocycles. The molecule has 82 valence electrons. The summed E-state index contributed by atoms with van der Waals surface area (Å²) >= 11 is 0. The van der Waals surface area contributed by atoms with E-state index in [1.165, 1.54) is 11.1 Å². The summed E-state index contributed by atoms with van der Waals surface area (Å²) in [6.07, 6.45) is 2.12. The minimum atomic E-state index is -0.0970. The lowest BCUT2D eigenvalue weighted by atomic mass is 9.82.